The quantitative estimate of drug-likeness (QED) is 0.122. The summed E-state index contributed by atoms with van der Waals surface area (Å²) in [5.41, 5.74) is 15.6. The van der Waals surface area contributed by atoms with Crippen LogP contribution in [0.4, 0.5) is 0 Å². The van der Waals surface area contributed by atoms with Gasteiger partial charge in [-0.2, -0.15) is 0 Å². The Bertz CT molecular complexity index is 3310. The fourth-order valence-corrected chi connectivity index (χ4v) is 8.85. The van der Waals surface area contributed by atoms with Gasteiger partial charge in [-0.15, -0.1) is 0 Å². The molecular formula is C61H52N4. The van der Waals surface area contributed by atoms with Crippen LogP contribution in [-0.4, -0.2) is 19.5 Å². The van der Waals surface area contributed by atoms with Crippen LogP contribution in [0, 0.1) is 0 Å². The molecule has 0 saturated heterocycles. The fourth-order valence-electron chi connectivity index (χ4n) is 8.85. The summed E-state index contributed by atoms with van der Waals surface area (Å²) in [5.74, 6) is 1.78. The lowest BCUT2D eigenvalue weighted by atomic mass is 9.83. The van der Waals surface area contributed by atoms with Gasteiger partial charge in [-0.25, -0.2) is 15.0 Å². The number of nitrogens with zero attached hydrogens (tertiary/aromatic N) is 4. The maximum Gasteiger partial charge on any atom is 0.164 e. The minimum atomic E-state index is -0.241. The summed E-state index contributed by atoms with van der Waals surface area (Å²) < 4.78 is 2.51. The predicted octanol–water partition coefficient (Wildman–Crippen LogP) is 16.3. The van der Waals surface area contributed by atoms with Crippen LogP contribution in [0.25, 0.3) is 94.8 Å². The molecule has 4 nitrogen and oxygen atoms in total. The van der Waals surface area contributed by atoms with Gasteiger partial charge in [-0.05, 0) is 94.6 Å². The SMILES string of the molecule is C=C/C=C(\C=C)c1cc(-c2nc(C(/C=C\C)=C/C)nc(-c3ccccc3)n2)cc(-c2ccccc2)c1-n1c2ccc(-c3ccccc3)cc2c2cc(-c3ccccc3)cc(C(C)(C)C)c21. The second kappa shape index (κ2) is 18.0. The van der Waals surface area contributed by atoms with Crippen molar-refractivity contribution in [1.29, 1.82) is 0 Å². The van der Waals surface area contributed by atoms with E-state index in [0.29, 0.717) is 17.5 Å². The standard InChI is InChI=1S/C61H52N4/c1-8-24-41(10-3)50-38-49(60-63-58(42(11-4)25-9-2)62-59(64-60)46-32-22-15-23-33-46)39-51(45-30-20-14-21-31-45)56(50)65-55-35-34-47(43-26-16-12-17-27-43)36-52(55)53-37-48(44-28-18-13-19-29-44)40-54(57(53)65)61(5,6)7/h8-40H,1,3H2,2,4-7H3/b25-9-,41-24+,42-11+. The van der Waals surface area contributed by atoms with Gasteiger partial charge in [0.25, 0.3) is 0 Å². The van der Waals surface area contributed by atoms with E-state index in [1.54, 1.807) is 0 Å². The zero-order valence-corrected chi connectivity index (χ0v) is 37.8. The highest BCUT2D eigenvalue weighted by atomic mass is 15.0. The van der Waals surface area contributed by atoms with E-state index in [2.05, 4.69) is 172 Å². The number of hydrogen-bond acceptors (Lipinski definition) is 3. The number of allylic oxidation sites excluding steroid dienone is 8. The third kappa shape index (κ3) is 8.23. The Morgan fingerprint density at radius 2 is 1.11 bits per heavy atom. The highest BCUT2D eigenvalue weighted by Crippen LogP contribution is 2.47. The van der Waals surface area contributed by atoms with E-state index >= 15 is 0 Å². The van der Waals surface area contributed by atoms with Crippen LogP contribution in [0.5, 0.6) is 0 Å². The van der Waals surface area contributed by atoms with Gasteiger partial charge >= 0.3 is 0 Å². The molecule has 0 atom stereocenters. The van der Waals surface area contributed by atoms with Crippen molar-refractivity contribution in [3.05, 3.63) is 230 Å². The first-order valence-electron chi connectivity index (χ1n) is 22.2. The van der Waals surface area contributed by atoms with Crippen molar-refractivity contribution in [2.75, 3.05) is 0 Å². The zero-order valence-electron chi connectivity index (χ0n) is 37.8. The van der Waals surface area contributed by atoms with E-state index in [9.17, 15) is 0 Å². The van der Waals surface area contributed by atoms with E-state index in [1.807, 2.05) is 80.6 Å². The molecule has 0 radical (unpaired) electrons. The molecule has 316 valence electrons. The van der Waals surface area contributed by atoms with E-state index < -0.39 is 0 Å². The average molecular weight is 841 g/mol. The molecular weight excluding hydrogens is 789 g/mol. The highest BCUT2D eigenvalue weighted by Gasteiger charge is 2.28. The first-order chi connectivity index (χ1) is 31.7. The van der Waals surface area contributed by atoms with Crippen molar-refractivity contribution >= 4 is 33.0 Å². The van der Waals surface area contributed by atoms with Gasteiger partial charge in [-0.3, -0.25) is 0 Å². The van der Waals surface area contributed by atoms with Crippen molar-refractivity contribution < 1.29 is 0 Å². The molecule has 0 saturated carbocycles. The number of hydrogen-bond donors (Lipinski definition) is 0. The molecule has 0 N–H and O–H groups in total. The maximum absolute atomic E-state index is 5.23. The Morgan fingerprint density at radius 1 is 0.538 bits per heavy atom. The molecule has 9 aromatic rings. The maximum atomic E-state index is 5.23. The first kappa shape index (κ1) is 42.4. The van der Waals surface area contributed by atoms with Crippen LogP contribution < -0.4 is 0 Å². The molecule has 2 heterocycles. The molecule has 0 spiro atoms. The van der Waals surface area contributed by atoms with E-state index in [1.165, 1.54) is 33.0 Å². The van der Waals surface area contributed by atoms with E-state index in [0.717, 1.165) is 61.2 Å². The lowest BCUT2D eigenvalue weighted by Crippen LogP contribution is -2.14. The average Bonchev–Trinajstić information content (AvgIpc) is 3.67. The van der Waals surface area contributed by atoms with Crippen molar-refractivity contribution in [3.8, 4) is 61.8 Å². The van der Waals surface area contributed by atoms with Gasteiger partial charge in [0.15, 0.2) is 17.5 Å². The molecule has 9 rings (SSSR count). The van der Waals surface area contributed by atoms with E-state index in [-0.39, 0.29) is 5.41 Å². The van der Waals surface area contributed by atoms with Gasteiger partial charge in [0.2, 0.25) is 0 Å². The Labute approximate surface area is 383 Å². The molecule has 0 aliphatic rings. The topological polar surface area (TPSA) is 43.6 Å². The zero-order chi connectivity index (χ0) is 45.1. The number of benzene rings is 7. The van der Waals surface area contributed by atoms with Crippen LogP contribution in [0.15, 0.2) is 213 Å². The van der Waals surface area contributed by atoms with Crippen molar-refractivity contribution in [2.45, 2.75) is 40.0 Å². The fraction of sp³-hybridized carbons (Fsp3) is 0.0984. The summed E-state index contributed by atoms with van der Waals surface area (Å²) in [4.78, 5) is 15.5. The molecule has 0 amide bonds. The Kier molecular flexibility index (Phi) is 11.8. The minimum absolute atomic E-state index is 0.241. The second-order valence-electron chi connectivity index (χ2n) is 17.2. The Hall–Kier alpha value is -7.95. The van der Waals surface area contributed by atoms with Gasteiger partial charge in [0.05, 0.1) is 16.7 Å². The predicted molar refractivity (Wildman–Crippen MR) is 277 cm³/mol. The Balaban J connectivity index is 1.46. The van der Waals surface area contributed by atoms with Gasteiger partial charge in [-0.1, -0.05) is 198 Å². The smallest absolute Gasteiger partial charge is 0.164 e. The lowest BCUT2D eigenvalue weighted by Gasteiger charge is -2.26. The van der Waals surface area contributed by atoms with Crippen molar-refractivity contribution in [2.24, 2.45) is 0 Å². The van der Waals surface area contributed by atoms with Gasteiger partial charge < -0.3 is 4.57 Å². The second-order valence-corrected chi connectivity index (χ2v) is 17.2. The molecule has 4 heteroatoms. The molecule has 7 aromatic carbocycles. The summed E-state index contributed by atoms with van der Waals surface area (Å²) in [6.45, 7) is 19.5. The molecule has 0 fully saturated rings. The minimum Gasteiger partial charge on any atom is -0.308 e. The highest BCUT2D eigenvalue weighted by molar-refractivity contribution is 6.14. The third-order valence-electron chi connectivity index (χ3n) is 12.0. The normalized spacial score (nSPS) is 12.3. The Morgan fingerprint density at radius 3 is 1.68 bits per heavy atom. The summed E-state index contributed by atoms with van der Waals surface area (Å²) in [5, 5.41) is 2.35. The van der Waals surface area contributed by atoms with Crippen LogP contribution in [-0.2, 0) is 5.41 Å². The molecule has 0 aliphatic carbocycles. The number of aromatic nitrogens is 4. The molecule has 0 aliphatic heterocycles. The summed E-state index contributed by atoms with van der Waals surface area (Å²) in [7, 11) is 0. The summed E-state index contributed by atoms with van der Waals surface area (Å²) >= 11 is 0. The third-order valence-corrected chi connectivity index (χ3v) is 12.0. The van der Waals surface area contributed by atoms with Crippen LogP contribution in [0.1, 0.15) is 51.6 Å². The van der Waals surface area contributed by atoms with Gasteiger partial charge in [0, 0.05) is 38.6 Å². The molecule has 0 unspecified atom stereocenters. The molecule has 2 aromatic heterocycles. The summed E-state index contributed by atoms with van der Waals surface area (Å²) in [6, 6.07) is 58.4. The van der Waals surface area contributed by atoms with Crippen molar-refractivity contribution in [3.63, 3.8) is 0 Å². The number of fused-ring (bicyclic) bond motifs is 3. The summed E-state index contributed by atoms with van der Waals surface area (Å²) in [6.07, 6.45) is 11.9. The van der Waals surface area contributed by atoms with E-state index in [4.69, 9.17) is 15.0 Å². The van der Waals surface area contributed by atoms with Crippen LogP contribution >= 0.6 is 0 Å². The van der Waals surface area contributed by atoms with Gasteiger partial charge in [0.1, 0.15) is 0 Å². The monoisotopic (exact) mass is 840 g/mol. The number of rotatable bonds is 11. The molecule has 0 bridgehead atoms. The van der Waals surface area contributed by atoms with Crippen LogP contribution in [0.2, 0.25) is 0 Å². The lowest BCUT2D eigenvalue weighted by molar-refractivity contribution is 0.594. The van der Waals surface area contributed by atoms with Crippen molar-refractivity contribution in [1.82, 2.24) is 19.5 Å². The van der Waals surface area contributed by atoms with Crippen LogP contribution in [0.3, 0.4) is 0 Å². The molecule has 65 heavy (non-hydrogen) atoms. The first-order valence-corrected chi connectivity index (χ1v) is 22.2. The largest absolute Gasteiger partial charge is 0.308 e.